The van der Waals surface area contributed by atoms with Gasteiger partial charge in [0.1, 0.15) is 12.1 Å². The van der Waals surface area contributed by atoms with Crippen molar-refractivity contribution >= 4 is 0 Å². The molecule has 0 spiro atoms. The van der Waals surface area contributed by atoms with E-state index in [1.54, 1.807) is 18.4 Å². The number of nitrogens with zero attached hydrogens (tertiary/aromatic N) is 2. The number of halogens is 1. The molecule has 0 aliphatic carbocycles. The van der Waals surface area contributed by atoms with E-state index in [2.05, 4.69) is 22.0 Å². The Morgan fingerprint density at radius 2 is 1.76 bits per heavy atom. The van der Waals surface area contributed by atoms with Gasteiger partial charge in [-0.25, -0.2) is 9.37 Å². The molecule has 0 unspecified atom stereocenters. The van der Waals surface area contributed by atoms with Gasteiger partial charge in [-0.2, -0.15) is 0 Å². The third kappa shape index (κ3) is 4.98. The van der Waals surface area contributed by atoms with E-state index in [0.717, 1.165) is 24.2 Å². The molecule has 3 aromatic rings. The Bertz CT molecular complexity index is 772. The molecule has 130 valence electrons. The molecule has 0 atom stereocenters. The molecule has 0 saturated heterocycles. The Morgan fingerprint density at radius 1 is 1.00 bits per heavy atom. The first kappa shape index (κ1) is 17.3. The lowest BCUT2D eigenvalue weighted by Crippen LogP contribution is -2.28. The summed E-state index contributed by atoms with van der Waals surface area (Å²) in [6.07, 6.45) is 2.52. The van der Waals surface area contributed by atoms with Gasteiger partial charge in [-0.3, -0.25) is 4.90 Å². The quantitative estimate of drug-likeness (QED) is 0.682. The highest BCUT2D eigenvalue weighted by Crippen LogP contribution is 2.19. The number of oxazole rings is 1. The van der Waals surface area contributed by atoms with Crippen molar-refractivity contribution in [2.24, 2.45) is 0 Å². The maximum Gasteiger partial charge on any atom is 0.226 e. The van der Waals surface area contributed by atoms with Crippen LogP contribution in [0.25, 0.3) is 11.5 Å². The summed E-state index contributed by atoms with van der Waals surface area (Å²) in [5.41, 5.74) is 2.80. The van der Waals surface area contributed by atoms with Crippen LogP contribution in [0.2, 0.25) is 0 Å². The summed E-state index contributed by atoms with van der Waals surface area (Å²) in [4.78, 5) is 6.61. The van der Waals surface area contributed by atoms with E-state index in [-0.39, 0.29) is 12.4 Å². The Kier molecular flexibility index (Phi) is 5.93. The van der Waals surface area contributed by atoms with Crippen molar-refractivity contribution in [1.82, 2.24) is 9.88 Å². The van der Waals surface area contributed by atoms with Crippen LogP contribution in [0.3, 0.4) is 0 Å². The van der Waals surface area contributed by atoms with Gasteiger partial charge in [-0.15, -0.1) is 0 Å². The highest BCUT2D eigenvalue weighted by molar-refractivity contribution is 5.52. The zero-order valence-corrected chi connectivity index (χ0v) is 13.9. The Hall–Kier alpha value is -2.50. The molecule has 3 rings (SSSR count). The second-order valence-electron chi connectivity index (χ2n) is 5.89. The molecule has 1 heterocycles. The van der Waals surface area contributed by atoms with Gasteiger partial charge in [0, 0.05) is 25.2 Å². The van der Waals surface area contributed by atoms with Crippen LogP contribution in [0.5, 0.6) is 0 Å². The van der Waals surface area contributed by atoms with Crippen LogP contribution in [0.15, 0.2) is 65.3 Å². The molecular weight excluding hydrogens is 319 g/mol. The van der Waals surface area contributed by atoms with E-state index >= 15 is 0 Å². The summed E-state index contributed by atoms with van der Waals surface area (Å²) in [7, 11) is 0. The van der Waals surface area contributed by atoms with Gasteiger partial charge in [0.25, 0.3) is 0 Å². The summed E-state index contributed by atoms with van der Waals surface area (Å²) >= 11 is 0. The van der Waals surface area contributed by atoms with Crippen LogP contribution in [0.4, 0.5) is 4.39 Å². The van der Waals surface area contributed by atoms with E-state index in [1.807, 2.05) is 18.2 Å². The van der Waals surface area contributed by atoms with Crippen LogP contribution < -0.4 is 0 Å². The number of hydrogen-bond donors (Lipinski definition) is 1. The van der Waals surface area contributed by atoms with Gasteiger partial charge in [-0.1, -0.05) is 30.3 Å². The van der Waals surface area contributed by atoms with Crippen molar-refractivity contribution in [3.8, 4) is 11.5 Å². The lowest BCUT2D eigenvalue weighted by molar-refractivity contribution is 0.190. The molecule has 0 saturated carbocycles. The molecule has 2 aromatic carbocycles. The van der Waals surface area contributed by atoms with E-state index in [0.29, 0.717) is 19.0 Å². The van der Waals surface area contributed by atoms with Crippen LogP contribution in [0, 0.1) is 5.82 Å². The minimum Gasteiger partial charge on any atom is -0.444 e. The molecule has 1 N–H and O–H groups in total. The third-order valence-electron chi connectivity index (χ3n) is 4.00. The fourth-order valence-corrected chi connectivity index (χ4v) is 2.68. The third-order valence-corrected chi connectivity index (χ3v) is 4.00. The highest BCUT2D eigenvalue weighted by Gasteiger charge is 2.11. The average molecular weight is 340 g/mol. The molecule has 1 aromatic heterocycles. The van der Waals surface area contributed by atoms with Gasteiger partial charge < -0.3 is 9.52 Å². The topological polar surface area (TPSA) is 49.5 Å². The van der Waals surface area contributed by atoms with E-state index in [9.17, 15) is 9.50 Å². The molecule has 0 aliphatic rings. The predicted molar refractivity (Wildman–Crippen MR) is 94.4 cm³/mol. The van der Waals surface area contributed by atoms with Gasteiger partial charge in [0.05, 0.1) is 12.3 Å². The first-order valence-electron chi connectivity index (χ1n) is 8.32. The van der Waals surface area contributed by atoms with Gasteiger partial charge in [-0.05, 0) is 36.2 Å². The van der Waals surface area contributed by atoms with Crippen molar-refractivity contribution in [2.75, 3.05) is 19.7 Å². The molecule has 0 radical (unpaired) electrons. The minimum absolute atomic E-state index is 0.0947. The molecular formula is C20H21FN2O2. The van der Waals surface area contributed by atoms with Crippen molar-refractivity contribution in [3.05, 3.63) is 77.9 Å². The molecule has 4 nitrogen and oxygen atoms in total. The van der Waals surface area contributed by atoms with Crippen molar-refractivity contribution in [1.29, 1.82) is 0 Å². The second-order valence-corrected chi connectivity index (χ2v) is 5.89. The van der Waals surface area contributed by atoms with Gasteiger partial charge in [0.15, 0.2) is 0 Å². The first-order chi connectivity index (χ1) is 12.2. The van der Waals surface area contributed by atoms with Crippen molar-refractivity contribution in [2.45, 2.75) is 13.0 Å². The number of rotatable bonds is 8. The fourth-order valence-electron chi connectivity index (χ4n) is 2.68. The lowest BCUT2D eigenvalue weighted by atomic mass is 10.1. The SMILES string of the molecule is OCCN(CCc1ccccc1)Cc1coc(-c2ccc(F)cc2)n1. The zero-order chi connectivity index (χ0) is 17.5. The fraction of sp³-hybridized carbons (Fsp3) is 0.250. The summed E-state index contributed by atoms with van der Waals surface area (Å²) in [6.45, 7) is 2.09. The Labute approximate surface area is 146 Å². The van der Waals surface area contributed by atoms with E-state index in [4.69, 9.17) is 4.42 Å². The van der Waals surface area contributed by atoms with E-state index in [1.165, 1.54) is 17.7 Å². The maximum absolute atomic E-state index is 13.0. The number of benzene rings is 2. The van der Waals surface area contributed by atoms with Crippen molar-refractivity contribution < 1.29 is 13.9 Å². The summed E-state index contributed by atoms with van der Waals surface area (Å²) in [5, 5.41) is 9.30. The highest BCUT2D eigenvalue weighted by atomic mass is 19.1. The van der Waals surface area contributed by atoms with Crippen molar-refractivity contribution in [3.63, 3.8) is 0 Å². The molecule has 0 fully saturated rings. The van der Waals surface area contributed by atoms with Crippen LogP contribution in [-0.2, 0) is 13.0 Å². The van der Waals surface area contributed by atoms with Gasteiger partial charge >= 0.3 is 0 Å². The average Bonchev–Trinajstić information content (AvgIpc) is 3.10. The second kappa shape index (κ2) is 8.55. The number of aliphatic hydroxyl groups is 1. The maximum atomic E-state index is 13.0. The number of hydrogen-bond acceptors (Lipinski definition) is 4. The molecule has 5 heteroatoms. The smallest absolute Gasteiger partial charge is 0.226 e. The monoisotopic (exact) mass is 340 g/mol. The molecule has 0 amide bonds. The standard InChI is InChI=1S/C20H21FN2O2/c21-18-8-6-17(7-9-18)20-22-19(15-25-20)14-23(12-13-24)11-10-16-4-2-1-3-5-16/h1-9,15,24H,10-14H2. The lowest BCUT2D eigenvalue weighted by Gasteiger charge is -2.19. The Balaban J connectivity index is 1.63. The minimum atomic E-state index is -0.287. The Morgan fingerprint density at radius 3 is 2.48 bits per heavy atom. The molecule has 0 bridgehead atoms. The summed E-state index contributed by atoms with van der Waals surface area (Å²) in [5.74, 6) is 0.188. The number of aliphatic hydroxyl groups excluding tert-OH is 1. The zero-order valence-electron chi connectivity index (χ0n) is 13.9. The van der Waals surface area contributed by atoms with E-state index < -0.39 is 0 Å². The molecule has 25 heavy (non-hydrogen) atoms. The normalized spacial score (nSPS) is 11.2. The van der Waals surface area contributed by atoms with Crippen LogP contribution in [-0.4, -0.2) is 34.7 Å². The predicted octanol–water partition coefficient (Wildman–Crippen LogP) is 3.52. The largest absolute Gasteiger partial charge is 0.444 e. The number of aromatic nitrogens is 1. The summed E-state index contributed by atoms with van der Waals surface area (Å²) < 4.78 is 18.5. The first-order valence-corrected chi connectivity index (χ1v) is 8.32. The van der Waals surface area contributed by atoms with Crippen LogP contribution >= 0.6 is 0 Å². The van der Waals surface area contributed by atoms with Gasteiger partial charge in [0.2, 0.25) is 5.89 Å². The van der Waals surface area contributed by atoms with Crippen LogP contribution in [0.1, 0.15) is 11.3 Å². The molecule has 0 aliphatic heterocycles. The summed E-state index contributed by atoms with van der Waals surface area (Å²) in [6, 6.07) is 16.3.